The monoisotopic (exact) mass is 397 g/mol. The van der Waals surface area contributed by atoms with Crippen LogP contribution in [0.15, 0.2) is 64.3 Å². The Hall–Kier alpha value is -3.20. The van der Waals surface area contributed by atoms with Crippen LogP contribution in [0.4, 0.5) is 5.69 Å². The van der Waals surface area contributed by atoms with Crippen LogP contribution < -0.4 is 0 Å². The number of carboxylic acid groups (broad SMARTS) is 1. The highest BCUT2D eigenvalue weighted by Gasteiger charge is 2.53. The highest BCUT2D eigenvalue weighted by Crippen LogP contribution is 2.49. The summed E-state index contributed by atoms with van der Waals surface area (Å²) in [6.07, 6.45) is 2.41. The van der Waals surface area contributed by atoms with E-state index in [1.807, 2.05) is 6.07 Å². The van der Waals surface area contributed by atoms with Crippen molar-refractivity contribution in [2.75, 3.05) is 0 Å². The minimum absolute atomic E-state index is 0.000437. The number of pyridine rings is 1. The largest absolute Gasteiger partial charge is 0.477 e. The van der Waals surface area contributed by atoms with Gasteiger partial charge in [-0.05, 0) is 24.1 Å². The maximum absolute atomic E-state index is 12.1. The van der Waals surface area contributed by atoms with Crippen LogP contribution in [-0.2, 0) is 16.0 Å². The molecule has 9 heteroatoms. The summed E-state index contributed by atoms with van der Waals surface area (Å²) >= 11 is 1.26. The van der Waals surface area contributed by atoms with E-state index in [0.717, 1.165) is 5.56 Å². The average molecular weight is 397 g/mol. The smallest absolute Gasteiger partial charge is 0.353 e. The summed E-state index contributed by atoms with van der Waals surface area (Å²) < 4.78 is 0. The molecule has 0 bridgehead atoms. The summed E-state index contributed by atoms with van der Waals surface area (Å²) in [5.41, 5.74) is 0.866. The zero-order valence-electron chi connectivity index (χ0n) is 14.5. The fourth-order valence-corrected chi connectivity index (χ4v) is 4.77. The molecule has 2 atom stereocenters. The van der Waals surface area contributed by atoms with Crippen LogP contribution in [0, 0.1) is 16.0 Å². The van der Waals surface area contributed by atoms with Gasteiger partial charge in [-0.15, -0.1) is 0 Å². The molecule has 1 aromatic heterocycles. The van der Waals surface area contributed by atoms with Crippen molar-refractivity contribution in [2.24, 2.45) is 5.92 Å². The number of β-lactam (4-membered cyclic amide) rings is 1. The Labute approximate surface area is 164 Å². The van der Waals surface area contributed by atoms with Crippen molar-refractivity contribution in [1.82, 2.24) is 9.88 Å². The standard InChI is InChI=1S/C19H15N3O5S/c23-16-10-14-13(9-11-4-6-12(7-5-11)22(26)27)18(17(19(24)25)21(14)16)28-15-3-1-2-8-20-15/h1-8,13-14H,9-10H2,(H,24,25). The first-order valence-electron chi connectivity index (χ1n) is 8.57. The number of nitrogens with zero attached hydrogens (tertiary/aromatic N) is 3. The number of aromatic nitrogens is 1. The third kappa shape index (κ3) is 3.13. The van der Waals surface area contributed by atoms with Gasteiger partial charge in [0, 0.05) is 35.6 Å². The summed E-state index contributed by atoms with van der Waals surface area (Å²) in [6.45, 7) is 0. The van der Waals surface area contributed by atoms with Crippen LogP contribution in [0.3, 0.4) is 0 Å². The summed E-state index contributed by atoms with van der Waals surface area (Å²) in [5.74, 6) is -1.53. The van der Waals surface area contributed by atoms with Gasteiger partial charge in [0.05, 0.1) is 11.0 Å². The first-order chi connectivity index (χ1) is 13.5. The second kappa shape index (κ2) is 7.08. The van der Waals surface area contributed by atoms with E-state index in [9.17, 15) is 24.8 Å². The van der Waals surface area contributed by atoms with Crippen molar-refractivity contribution in [2.45, 2.75) is 23.9 Å². The van der Waals surface area contributed by atoms with Crippen LogP contribution >= 0.6 is 11.8 Å². The highest BCUT2D eigenvalue weighted by molar-refractivity contribution is 8.03. The lowest BCUT2D eigenvalue weighted by atomic mass is 9.87. The number of thioether (sulfide) groups is 1. The number of aliphatic carboxylic acids is 1. The topological polar surface area (TPSA) is 114 Å². The van der Waals surface area contributed by atoms with E-state index in [0.29, 0.717) is 22.8 Å². The predicted molar refractivity (Wildman–Crippen MR) is 100 cm³/mol. The first-order valence-corrected chi connectivity index (χ1v) is 9.39. The lowest BCUT2D eigenvalue weighted by molar-refractivity contribution is -0.384. The molecule has 4 rings (SSSR count). The maximum atomic E-state index is 12.1. The van der Waals surface area contributed by atoms with Crippen LogP contribution in [0.25, 0.3) is 0 Å². The van der Waals surface area contributed by atoms with Crippen molar-refractivity contribution in [3.8, 4) is 0 Å². The van der Waals surface area contributed by atoms with Gasteiger partial charge in [-0.3, -0.25) is 14.9 Å². The molecule has 0 radical (unpaired) electrons. The van der Waals surface area contributed by atoms with E-state index in [1.165, 1.54) is 28.8 Å². The minimum atomic E-state index is -1.14. The van der Waals surface area contributed by atoms with Crippen molar-refractivity contribution in [3.05, 3.63) is 74.9 Å². The van der Waals surface area contributed by atoms with Gasteiger partial charge in [0.2, 0.25) is 5.91 Å². The summed E-state index contributed by atoms with van der Waals surface area (Å²) in [7, 11) is 0. The molecule has 0 aliphatic carbocycles. The van der Waals surface area contributed by atoms with Gasteiger partial charge in [-0.25, -0.2) is 9.78 Å². The zero-order valence-corrected chi connectivity index (χ0v) is 15.3. The molecule has 28 heavy (non-hydrogen) atoms. The number of fused-ring (bicyclic) bond motifs is 1. The van der Waals surface area contributed by atoms with Gasteiger partial charge in [0.25, 0.3) is 5.69 Å². The van der Waals surface area contributed by atoms with Gasteiger partial charge in [-0.2, -0.15) is 0 Å². The SMILES string of the molecule is O=C(O)C1=C(Sc2ccccn2)C(Cc2ccc([N+](=O)[O-])cc2)C2CC(=O)N12. The molecule has 2 aliphatic rings. The molecule has 1 saturated heterocycles. The molecule has 3 heterocycles. The van der Waals surface area contributed by atoms with Crippen molar-refractivity contribution in [1.29, 1.82) is 0 Å². The first kappa shape index (κ1) is 18.2. The second-order valence-corrected chi connectivity index (χ2v) is 7.62. The number of rotatable bonds is 6. The Morgan fingerprint density at radius 2 is 2.04 bits per heavy atom. The fraction of sp³-hybridized carbons (Fsp3) is 0.211. The van der Waals surface area contributed by atoms with Crippen molar-refractivity contribution in [3.63, 3.8) is 0 Å². The molecule has 0 spiro atoms. The van der Waals surface area contributed by atoms with E-state index in [2.05, 4.69) is 4.98 Å². The number of carbonyl (C=O) groups is 2. The summed E-state index contributed by atoms with van der Waals surface area (Å²) in [5, 5.41) is 21.2. The number of nitro benzene ring substituents is 1. The fourth-order valence-electron chi connectivity index (χ4n) is 3.61. The zero-order chi connectivity index (χ0) is 19.8. The van der Waals surface area contributed by atoms with Gasteiger partial charge in [0.1, 0.15) is 10.7 Å². The molecule has 2 unspecified atom stereocenters. The summed E-state index contributed by atoms with van der Waals surface area (Å²) in [6, 6.07) is 11.4. The predicted octanol–water partition coefficient (Wildman–Crippen LogP) is 2.85. The van der Waals surface area contributed by atoms with E-state index >= 15 is 0 Å². The van der Waals surface area contributed by atoms with E-state index in [4.69, 9.17) is 0 Å². The quantitative estimate of drug-likeness (QED) is 0.453. The molecule has 142 valence electrons. The number of hydrogen-bond donors (Lipinski definition) is 1. The van der Waals surface area contributed by atoms with Gasteiger partial charge < -0.3 is 10.0 Å². The van der Waals surface area contributed by atoms with Gasteiger partial charge >= 0.3 is 5.97 Å². The average Bonchev–Trinajstić information content (AvgIpc) is 2.91. The normalized spacial score (nSPS) is 20.7. The number of benzene rings is 1. The van der Waals surface area contributed by atoms with Crippen molar-refractivity contribution < 1.29 is 19.6 Å². The Bertz CT molecular complexity index is 990. The Morgan fingerprint density at radius 3 is 2.61 bits per heavy atom. The number of non-ortho nitro benzene ring substituents is 1. The molecular weight excluding hydrogens is 382 g/mol. The molecule has 2 aromatic rings. The van der Waals surface area contributed by atoms with Gasteiger partial charge in [0.15, 0.2) is 0 Å². The Kier molecular flexibility index (Phi) is 4.60. The van der Waals surface area contributed by atoms with E-state index in [-0.39, 0.29) is 29.3 Å². The maximum Gasteiger partial charge on any atom is 0.353 e. The van der Waals surface area contributed by atoms with Gasteiger partial charge in [-0.1, -0.05) is 30.0 Å². The highest BCUT2D eigenvalue weighted by atomic mass is 32.2. The number of nitro groups is 1. The van der Waals surface area contributed by atoms with Crippen LogP contribution in [0.1, 0.15) is 12.0 Å². The number of carboxylic acids is 1. The Balaban J connectivity index is 1.68. The van der Waals surface area contributed by atoms with E-state index in [1.54, 1.807) is 30.5 Å². The minimum Gasteiger partial charge on any atom is -0.477 e. The van der Waals surface area contributed by atoms with Crippen molar-refractivity contribution >= 4 is 29.3 Å². The van der Waals surface area contributed by atoms with Crippen LogP contribution in [-0.4, -0.2) is 37.8 Å². The van der Waals surface area contributed by atoms with Crippen LogP contribution in [0.5, 0.6) is 0 Å². The van der Waals surface area contributed by atoms with E-state index < -0.39 is 10.9 Å². The number of hydrogen-bond acceptors (Lipinski definition) is 6. The molecule has 2 aliphatic heterocycles. The number of amides is 1. The van der Waals surface area contributed by atoms with Crippen LogP contribution in [0.2, 0.25) is 0 Å². The molecule has 1 N–H and O–H groups in total. The lowest BCUT2D eigenvalue weighted by Crippen LogP contribution is -2.52. The Morgan fingerprint density at radius 1 is 1.29 bits per heavy atom. The molecule has 1 amide bonds. The summed E-state index contributed by atoms with van der Waals surface area (Å²) in [4.78, 5) is 40.6. The number of carbonyl (C=O) groups excluding carboxylic acids is 1. The molecule has 0 saturated carbocycles. The molecule has 1 fully saturated rings. The second-order valence-electron chi connectivity index (χ2n) is 6.56. The third-order valence-corrected chi connectivity index (χ3v) is 6.08. The molecular formula is C19H15N3O5S. The lowest BCUT2D eigenvalue weighted by Gasteiger charge is -2.38. The molecule has 1 aromatic carbocycles. The molecule has 8 nitrogen and oxygen atoms in total. The third-order valence-electron chi connectivity index (χ3n) is 4.92.